The first-order chi connectivity index (χ1) is 21.3. The van der Waals surface area contributed by atoms with Gasteiger partial charge in [-0.05, 0) is 112 Å². The van der Waals surface area contributed by atoms with Crippen molar-refractivity contribution in [1.82, 2.24) is 10.2 Å². The Hall–Kier alpha value is -3.56. The SMILES string of the molecule is CCOC[C@](C)(C=O)NP(=O)(COc1cc(C)c(Cc2ccc(O)c(Cc3ccc(F)cc3)c2)c(C)c1)N[C@@H](C)C(=O)OCC. The van der Waals surface area contributed by atoms with E-state index in [1.54, 1.807) is 39.0 Å². The number of aryl methyl sites for hydroxylation is 2. The Morgan fingerprint density at radius 3 is 2.27 bits per heavy atom. The van der Waals surface area contributed by atoms with Crippen molar-refractivity contribution in [2.24, 2.45) is 0 Å². The topological polar surface area (TPSA) is 123 Å². The molecule has 0 aliphatic rings. The van der Waals surface area contributed by atoms with Crippen LogP contribution in [0.4, 0.5) is 4.39 Å². The molecule has 3 N–H and O–H groups in total. The van der Waals surface area contributed by atoms with Gasteiger partial charge in [0.05, 0.1) is 13.2 Å². The van der Waals surface area contributed by atoms with Crippen molar-refractivity contribution < 1.29 is 37.9 Å². The van der Waals surface area contributed by atoms with Gasteiger partial charge in [-0.2, -0.15) is 0 Å². The van der Waals surface area contributed by atoms with E-state index in [9.17, 15) is 23.7 Å². The lowest BCUT2D eigenvalue weighted by atomic mass is 9.93. The molecule has 3 rings (SSSR count). The van der Waals surface area contributed by atoms with Crippen LogP contribution in [0.2, 0.25) is 0 Å². The molecule has 3 aromatic rings. The van der Waals surface area contributed by atoms with E-state index in [-0.39, 0.29) is 31.1 Å². The van der Waals surface area contributed by atoms with Gasteiger partial charge in [0.1, 0.15) is 35.2 Å². The van der Waals surface area contributed by atoms with Gasteiger partial charge in [0.25, 0.3) is 0 Å². The highest BCUT2D eigenvalue weighted by Gasteiger charge is 2.37. The molecule has 244 valence electrons. The van der Waals surface area contributed by atoms with E-state index < -0.39 is 25.0 Å². The zero-order valence-corrected chi connectivity index (χ0v) is 27.7. The second-order valence-corrected chi connectivity index (χ2v) is 13.6. The third-order valence-corrected chi connectivity index (χ3v) is 9.43. The van der Waals surface area contributed by atoms with Crippen molar-refractivity contribution in [3.63, 3.8) is 0 Å². The van der Waals surface area contributed by atoms with Gasteiger partial charge in [-0.25, -0.2) is 14.6 Å². The van der Waals surface area contributed by atoms with Gasteiger partial charge >= 0.3 is 5.97 Å². The maximum atomic E-state index is 14.1. The Morgan fingerprint density at radius 1 is 1.02 bits per heavy atom. The van der Waals surface area contributed by atoms with Gasteiger partial charge < -0.3 is 24.1 Å². The van der Waals surface area contributed by atoms with E-state index >= 15 is 0 Å². The maximum Gasteiger partial charge on any atom is 0.323 e. The number of carbonyl (C=O) groups is 2. The number of aromatic hydroxyl groups is 1. The van der Waals surface area contributed by atoms with E-state index in [2.05, 4.69) is 10.2 Å². The number of hydrogen-bond acceptors (Lipinski definition) is 7. The second-order valence-electron chi connectivity index (χ2n) is 11.4. The largest absolute Gasteiger partial charge is 0.508 e. The molecule has 45 heavy (non-hydrogen) atoms. The van der Waals surface area contributed by atoms with Crippen molar-refractivity contribution in [2.75, 3.05) is 26.2 Å². The summed E-state index contributed by atoms with van der Waals surface area (Å²) in [7, 11) is -3.71. The molecule has 0 heterocycles. The summed E-state index contributed by atoms with van der Waals surface area (Å²) < 4.78 is 44.0. The molecular formula is C34H44FN2O7P. The molecule has 0 aliphatic carbocycles. The fourth-order valence-electron chi connectivity index (χ4n) is 4.95. The van der Waals surface area contributed by atoms with Crippen LogP contribution in [0.25, 0.3) is 0 Å². The molecule has 9 nitrogen and oxygen atoms in total. The highest BCUT2D eigenvalue weighted by molar-refractivity contribution is 7.59. The quantitative estimate of drug-likeness (QED) is 0.0927. The Morgan fingerprint density at radius 2 is 1.67 bits per heavy atom. The first kappa shape index (κ1) is 35.9. The molecule has 3 aromatic carbocycles. The van der Waals surface area contributed by atoms with Crippen LogP contribution in [-0.2, 0) is 36.5 Å². The van der Waals surface area contributed by atoms with Crippen LogP contribution in [0, 0.1) is 19.7 Å². The normalized spacial score (nSPS) is 14.6. The molecule has 11 heteroatoms. The molecule has 3 atom stereocenters. The highest BCUT2D eigenvalue weighted by atomic mass is 31.2. The molecule has 0 radical (unpaired) electrons. The minimum Gasteiger partial charge on any atom is -0.508 e. The minimum absolute atomic E-state index is 0.0256. The van der Waals surface area contributed by atoms with Crippen molar-refractivity contribution >= 4 is 19.7 Å². The minimum atomic E-state index is -3.71. The van der Waals surface area contributed by atoms with Crippen molar-refractivity contribution in [3.05, 3.63) is 93.8 Å². The fraction of sp³-hybridized carbons (Fsp3) is 0.412. The van der Waals surface area contributed by atoms with Gasteiger partial charge in [0, 0.05) is 13.0 Å². The summed E-state index contributed by atoms with van der Waals surface area (Å²) in [6.45, 7) is 11.0. The number of rotatable bonds is 17. The van der Waals surface area contributed by atoms with E-state index in [0.717, 1.165) is 33.4 Å². The zero-order valence-electron chi connectivity index (χ0n) is 26.8. The number of carbonyl (C=O) groups excluding carboxylic acids is 2. The molecule has 0 spiro atoms. The van der Waals surface area contributed by atoms with Gasteiger partial charge in [-0.1, -0.05) is 24.3 Å². The van der Waals surface area contributed by atoms with E-state index in [1.807, 2.05) is 38.1 Å². The predicted molar refractivity (Wildman–Crippen MR) is 172 cm³/mol. The average Bonchev–Trinajstić information content (AvgIpc) is 2.99. The summed E-state index contributed by atoms with van der Waals surface area (Å²) in [6.07, 6.45) is 1.34. The Balaban J connectivity index is 1.80. The van der Waals surface area contributed by atoms with Gasteiger partial charge in [0.2, 0.25) is 7.44 Å². The van der Waals surface area contributed by atoms with Crippen LogP contribution in [0.15, 0.2) is 54.6 Å². The Kier molecular flexibility index (Phi) is 12.9. The van der Waals surface area contributed by atoms with Crippen molar-refractivity contribution in [3.8, 4) is 11.5 Å². The number of esters is 1. The summed E-state index contributed by atoms with van der Waals surface area (Å²) in [5.41, 5.74) is 4.30. The number of phenols is 1. The van der Waals surface area contributed by atoms with Gasteiger partial charge in [0.15, 0.2) is 6.35 Å². The standard InChI is InChI=1S/C34H44FN2O7P/c1-7-42-21-34(6,20-38)37-45(41,36-25(5)33(40)43-8-2)22-44-30-15-23(3)31(24(4)16-30)19-27-11-14-32(39)28(18-27)17-26-9-12-29(35)13-10-26/h9-16,18,20,25,39H,7-8,17,19,21-22H2,1-6H3,(H2,36,37,41)/t25-,34-,45?/m0/s1. The first-order valence-electron chi connectivity index (χ1n) is 15.0. The van der Waals surface area contributed by atoms with Crippen molar-refractivity contribution in [2.45, 2.75) is 66.0 Å². The molecular weight excluding hydrogens is 598 g/mol. The molecule has 0 aromatic heterocycles. The number of halogens is 1. The zero-order chi connectivity index (χ0) is 33.2. The number of hydrogen-bond donors (Lipinski definition) is 3. The van der Waals surface area contributed by atoms with E-state index in [1.165, 1.54) is 19.1 Å². The Bertz CT molecular complexity index is 1490. The van der Waals surface area contributed by atoms with E-state index in [4.69, 9.17) is 14.2 Å². The predicted octanol–water partition coefficient (Wildman–Crippen LogP) is 5.98. The number of phenolic OH excluding ortho intramolecular Hbond substituents is 1. The van der Waals surface area contributed by atoms with Gasteiger partial charge in [-0.15, -0.1) is 0 Å². The molecule has 0 amide bonds. The molecule has 0 saturated carbocycles. The third kappa shape index (κ3) is 10.5. The fourth-order valence-corrected chi connectivity index (χ4v) is 7.16. The van der Waals surface area contributed by atoms with Crippen molar-refractivity contribution in [1.29, 1.82) is 0 Å². The van der Waals surface area contributed by atoms with Gasteiger partial charge in [-0.3, -0.25) is 9.36 Å². The van der Waals surface area contributed by atoms with E-state index in [0.29, 0.717) is 31.5 Å². The summed E-state index contributed by atoms with van der Waals surface area (Å²) in [5.74, 6) is -0.237. The molecule has 0 aliphatic heterocycles. The summed E-state index contributed by atoms with van der Waals surface area (Å²) >= 11 is 0. The molecule has 0 saturated heterocycles. The van der Waals surface area contributed by atoms with Crippen LogP contribution in [0.5, 0.6) is 11.5 Å². The summed E-state index contributed by atoms with van der Waals surface area (Å²) in [4.78, 5) is 24.3. The summed E-state index contributed by atoms with van der Waals surface area (Å²) in [5, 5.41) is 16.1. The number of nitrogens with one attached hydrogen (secondary N) is 2. The summed E-state index contributed by atoms with van der Waals surface area (Å²) in [6, 6.07) is 14.5. The lowest BCUT2D eigenvalue weighted by Crippen LogP contribution is -2.50. The van der Waals surface area contributed by atoms with Crippen LogP contribution < -0.4 is 14.9 Å². The third-order valence-electron chi connectivity index (χ3n) is 7.26. The molecule has 0 bridgehead atoms. The monoisotopic (exact) mass is 642 g/mol. The second kappa shape index (κ2) is 16.1. The lowest BCUT2D eigenvalue weighted by molar-refractivity contribution is -0.144. The Labute approximate surface area is 265 Å². The van der Waals surface area contributed by atoms with Crippen LogP contribution in [0.1, 0.15) is 61.1 Å². The molecule has 0 fully saturated rings. The van der Waals surface area contributed by atoms with Crippen LogP contribution in [-0.4, -0.2) is 55.1 Å². The smallest absolute Gasteiger partial charge is 0.323 e. The lowest BCUT2D eigenvalue weighted by Gasteiger charge is -2.32. The number of benzene rings is 3. The molecule has 1 unspecified atom stereocenters. The van der Waals surface area contributed by atoms with Crippen LogP contribution >= 0.6 is 7.44 Å². The number of ether oxygens (including phenoxy) is 3. The highest BCUT2D eigenvalue weighted by Crippen LogP contribution is 2.40. The van der Waals surface area contributed by atoms with Crippen LogP contribution in [0.3, 0.4) is 0 Å². The number of aldehydes is 1. The maximum absolute atomic E-state index is 14.1. The average molecular weight is 643 g/mol. The first-order valence-corrected chi connectivity index (χ1v) is 16.8.